The third-order valence-corrected chi connectivity index (χ3v) is 4.88. The molecule has 6 heteroatoms. The fraction of sp³-hybridized carbons (Fsp3) is 0. The Hall–Kier alpha value is -3.00. The number of hydrogen-bond donors (Lipinski definition) is 0. The first-order chi connectivity index (χ1) is 13.0. The van der Waals surface area contributed by atoms with Gasteiger partial charge in [-0.15, -0.1) is 0 Å². The van der Waals surface area contributed by atoms with E-state index in [1.807, 2.05) is 12.1 Å². The van der Waals surface area contributed by atoms with Gasteiger partial charge in [-0.2, -0.15) is 0 Å². The van der Waals surface area contributed by atoms with Crippen molar-refractivity contribution in [2.45, 2.75) is 0 Å². The smallest absolute Gasteiger partial charge is 0.343 e. The minimum Gasteiger partial charge on any atom is -0.423 e. The van der Waals surface area contributed by atoms with Gasteiger partial charge >= 0.3 is 5.97 Å². The van der Waals surface area contributed by atoms with Gasteiger partial charge in [0.05, 0.1) is 22.4 Å². The quantitative estimate of drug-likeness (QED) is 0.248. The lowest BCUT2D eigenvalue weighted by molar-refractivity contribution is 0.0733. The summed E-state index contributed by atoms with van der Waals surface area (Å²) in [5.74, 6) is -0.946. The topological polar surface area (TPSA) is 63.7 Å². The van der Waals surface area contributed by atoms with Crippen LogP contribution in [0.2, 0.25) is 0 Å². The summed E-state index contributed by atoms with van der Waals surface area (Å²) < 4.78 is 6.39. The Balaban J connectivity index is 1.62. The lowest BCUT2D eigenvalue weighted by Gasteiger charge is -2.14. The van der Waals surface area contributed by atoms with Gasteiger partial charge in [-0.3, -0.25) is 9.59 Å². The number of esters is 1. The summed E-state index contributed by atoms with van der Waals surface area (Å²) >= 11 is 2.16. The van der Waals surface area contributed by atoms with Crippen molar-refractivity contribution in [1.82, 2.24) is 0 Å². The summed E-state index contributed by atoms with van der Waals surface area (Å²) in [6.07, 6.45) is 0. The highest BCUT2D eigenvalue weighted by molar-refractivity contribution is 14.1. The number of rotatable bonds is 3. The largest absolute Gasteiger partial charge is 0.423 e. The lowest BCUT2D eigenvalue weighted by atomic mass is 10.1. The fourth-order valence-electron chi connectivity index (χ4n) is 2.86. The lowest BCUT2D eigenvalue weighted by Crippen LogP contribution is -2.29. The first-order valence-electron chi connectivity index (χ1n) is 8.10. The second-order valence-electron chi connectivity index (χ2n) is 5.89. The highest BCUT2D eigenvalue weighted by Gasteiger charge is 2.36. The van der Waals surface area contributed by atoms with Crippen molar-refractivity contribution in [3.05, 3.63) is 93.1 Å². The molecular weight excluding hydrogens is 457 g/mol. The van der Waals surface area contributed by atoms with Gasteiger partial charge in [0.15, 0.2) is 0 Å². The van der Waals surface area contributed by atoms with Gasteiger partial charge in [-0.1, -0.05) is 18.2 Å². The van der Waals surface area contributed by atoms with Crippen LogP contribution in [0.3, 0.4) is 0 Å². The van der Waals surface area contributed by atoms with E-state index in [4.69, 9.17) is 4.74 Å². The van der Waals surface area contributed by atoms with E-state index < -0.39 is 17.8 Å². The Morgan fingerprint density at radius 3 is 2.07 bits per heavy atom. The maximum Gasteiger partial charge on any atom is 0.343 e. The van der Waals surface area contributed by atoms with Crippen LogP contribution in [0.5, 0.6) is 5.75 Å². The van der Waals surface area contributed by atoms with Crippen LogP contribution in [0.15, 0.2) is 72.8 Å². The SMILES string of the molecule is O=C(Oc1ccc(I)cc1)c1cccc(N2C(=O)c3ccccc3C2=O)c1. The van der Waals surface area contributed by atoms with E-state index in [0.717, 1.165) is 8.47 Å². The Labute approximate surface area is 168 Å². The molecule has 0 bridgehead atoms. The molecule has 4 rings (SSSR count). The normalized spacial score (nSPS) is 12.9. The maximum atomic E-state index is 12.6. The molecule has 1 aliphatic rings. The van der Waals surface area contributed by atoms with E-state index in [9.17, 15) is 14.4 Å². The minimum atomic E-state index is -0.560. The highest BCUT2D eigenvalue weighted by Crippen LogP contribution is 2.29. The average Bonchev–Trinajstić information content (AvgIpc) is 2.95. The molecule has 0 saturated heterocycles. The standard InChI is InChI=1S/C21H12INO4/c22-14-8-10-16(11-9-14)27-21(26)13-4-3-5-15(12-13)23-19(24)17-6-1-2-7-18(17)20(23)25/h1-12H. The van der Waals surface area contributed by atoms with E-state index in [1.54, 1.807) is 54.6 Å². The zero-order valence-corrected chi connectivity index (χ0v) is 16.0. The molecule has 0 aliphatic carbocycles. The monoisotopic (exact) mass is 469 g/mol. The molecule has 132 valence electrons. The number of carbonyl (C=O) groups is 3. The Morgan fingerprint density at radius 1 is 0.815 bits per heavy atom. The van der Waals surface area contributed by atoms with Crippen LogP contribution in [0.25, 0.3) is 0 Å². The molecule has 0 N–H and O–H groups in total. The van der Waals surface area contributed by atoms with Crippen LogP contribution in [0.1, 0.15) is 31.1 Å². The molecule has 0 saturated carbocycles. The Morgan fingerprint density at radius 2 is 1.44 bits per heavy atom. The number of halogens is 1. The first kappa shape index (κ1) is 17.4. The van der Waals surface area contributed by atoms with Crippen molar-refractivity contribution in [1.29, 1.82) is 0 Å². The summed E-state index contributed by atoms with van der Waals surface area (Å²) in [7, 11) is 0. The third kappa shape index (κ3) is 3.23. The van der Waals surface area contributed by atoms with Gasteiger partial charge < -0.3 is 4.74 Å². The molecule has 0 radical (unpaired) electrons. The number of imide groups is 1. The van der Waals surface area contributed by atoms with E-state index in [-0.39, 0.29) is 5.56 Å². The predicted molar refractivity (Wildman–Crippen MR) is 108 cm³/mol. The molecule has 27 heavy (non-hydrogen) atoms. The molecule has 0 fully saturated rings. The van der Waals surface area contributed by atoms with Crippen LogP contribution in [-0.2, 0) is 0 Å². The van der Waals surface area contributed by atoms with Crippen LogP contribution >= 0.6 is 22.6 Å². The Bertz CT molecular complexity index is 1040. The summed E-state index contributed by atoms with van der Waals surface area (Å²) in [6.45, 7) is 0. The second-order valence-corrected chi connectivity index (χ2v) is 7.13. The molecule has 2 amide bonds. The number of amides is 2. The van der Waals surface area contributed by atoms with Gasteiger partial charge in [0.2, 0.25) is 0 Å². The van der Waals surface area contributed by atoms with Gasteiger partial charge in [0.1, 0.15) is 5.75 Å². The molecule has 0 unspecified atom stereocenters. The molecule has 0 aromatic heterocycles. The number of benzene rings is 3. The fourth-order valence-corrected chi connectivity index (χ4v) is 3.22. The molecule has 3 aromatic rings. The number of anilines is 1. The van der Waals surface area contributed by atoms with Crippen molar-refractivity contribution < 1.29 is 19.1 Å². The van der Waals surface area contributed by atoms with Crippen LogP contribution in [0.4, 0.5) is 5.69 Å². The molecule has 1 heterocycles. The molecular formula is C21H12INO4. The van der Waals surface area contributed by atoms with Gasteiger partial charge in [-0.05, 0) is 77.2 Å². The average molecular weight is 469 g/mol. The van der Waals surface area contributed by atoms with Crippen molar-refractivity contribution in [2.75, 3.05) is 4.90 Å². The molecule has 5 nitrogen and oxygen atoms in total. The van der Waals surface area contributed by atoms with Crippen molar-refractivity contribution in [3.63, 3.8) is 0 Å². The maximum absolute atomic E-state index is 12.6. The second kappa shape index (κ2) is 6.96. The molecule has 1 aliphatic heterocycles. The summed E-state index contributed by atoms with van der Waals surface area (Å²) in [5, 5.41) is 0. The Kier molecular flexibility index (Phi) is 4.49. The van der Waals surface area contributed by atoms with Gasteiger partial charge in [0.25, 0.3) is 11.8 Å². The van der Waals surface area contributed by atoms with Crippen LogP contribution in [0, 0.1) is 3.57 Å². The predicted octanol–water partition coefficient (Wildman–Crippen LogP) is 4.31. The number of carbonyl (C=O) groups excluding carboxylic acids is 3. The minimum absolute atomic E-state index is 0.252. The number of nitrogens with zero attached hydrogens (tertiary/aromatic N) is 1. The number of ether oxygens (including phenoxy) is 1. The highest BCUT2D eigenvalue weighted by atomic mass is 127. The summed E-state index contributed by atoms with van der Waals surface area (Å²) in [6, 6.07) is 20.0. The van der Waals surface area contributed by atoms with Gasteiger partial charge in [0, 0.05) is 3.57 Å². The first-order valence-corrected chi connectivity index (χ1v) is 9.18. The summed E-state index contributed by atoms with van der Waals surface area (Å²) in [4.78, 5) is 38.7. The van der Waals surface area contributed by atoms with Crippen molar-refractivity contribution >= 4 is 46.1 Å². The summed E-state index contributed by atoms with van der Waals surface area (Å²) in [5.41, 5.74) is 1.30. The van der Waals surface area contributed by atoms with Gasteiger partial charge in [-0.25, -0.2) is 9.69 Å². The van der Waals surface area contributed by atoms with Crippen LogP contribution in [-0.4, -0.2) is 17.8 Å². The van der Waals surface area contributed by atoms with E-state index in [1.165, 1.54) is 6.07 Å². The zero-order valence-electron chi connectivity index (χ0n) is 13.9. The molecule has 0 spiro atoms. The van der Waals surface area contributed by atoms with Crippen molar-refractivity contribution in [3.8, 4) is 5.75 Å². The molecule has 3 aromatic carbocycles. The van der Waals surface area contributed by atoms with E-state index in [0.29, 0.717) is 22.6 Å². The molecule has 0 atom stereocenters. The van der Waals surface area contributed by atoms with E-state index >= 15 is 0 Å². The third-order valence-electron chi connectivity index (χ3n) is 4.16. The van der Waals surface area contributed by atoms with Crippen molar-refractivity contribution in [2.24, 2.45) is 0 Å². The zero-order chi connectivity index (χ0) is 19.0. The van der Waals surface area contributed by atoms with Crippen LogP contribution < -0.4 is 9.64 Å². The number of fused-ring (bicyclic) bond motifs is 1. The number of hydrogen-bond acceptors (Lipinski definition) is 4. The van der Waals surface area contributed by atoms with E-state index in [2.05, 4.69) is 22.6 Å².